The number of Topliss-reactive ketones (excluding diaryl/α,β-unsaturated/α-hetero) is 1. The molecule has 1 rings (SSSR count). The van der Waals surface area contributed by atoms with Crippen LogP contribution in [0.1, 0.15) is 20.3 Å². The van der Waals surface area contributed by atoms with E-state index in [0.717, 1.165) is 6.42 Å². The Kier molecular flexibility index (Phi) is 3.94. The number of morpholine rings is 1. The summed E-state index contributed by atoms with van der Waals surface area (Å²) in [5, 5.41) is 3.24. The lowest BCUT2D eigenvalue weighted by Crippen LogP contribution is -2.48. The minimum Gasteiger partial charge on any atom is -0.366 e. The van der Waals surface area contributed by atoms with Gasteiger partial charge in [-0.2, -0.15) is 0 Å². The minimum atomic E-state index is -0.366. The molecular formula is C10H15NO2. The molecule has 0 saturated carbocycles. The molecule has 1 aliphatic heterocycles. The summed E-state index contributed by atoms with van der Waals surface area (Å²) in [7, 11) is 0. The molecule has 0 radical (unpaired) electrons. The largest absolute Gasteiger partial charge is 0.366 e. The van der Waals surface area contributed by atoms with Crippen molar-refractivity contribution < 1.29 is 9.53 Å². The minimum absolute atomic E-state index is 0.121. The van der Waals surface area contributed by atoms with Crippen molar-refractivity contribution in [2.45, 2.75) is 32.4 Å². The van der Waals surface area contributed by atoms with E-state index >= 15 is 0 Å². The molecule has 72 valence electrons. The standard InChI is InChI=1S/C10H15NO2/c1-3-5-9(12)10-6-11-8(4-2)7-13-10/h8,10-11H,4,6-7H2,1-2H3/t8?,10-/m1/s1. The molecule has 0 aromatic rings. The molecule has 13 heavy (non-hydrogen) atoms. The second-order valence-electron chi connectivity index (χ2n) is 3.07. The van der Waals surface area contributed by atoms with Crippen LogP contribution in [0.25, 0.3) is 0 Å². The van der Waals surface area contributed by atoms with Crippen molar-refractivity contribution in [2.24, 2.45) is 0 Å². The molecule has 0 aromatic carbocycles. The molecule has 1 saturated heterocycles. The maximum absolute atomic E-state index is 11.3. The summed E-state index contributed by atoms with van der Waals surface area (Å²) in [4.78, 5) is 11.3. The first-order chi connectivity index (χ1) is 6.27. The lowest BCUT2D eigenvalue weighted by Gasteiger charge is -2.27. The van der Waals surface area contributed by atoms with Crippen molar-refractivity contribution in [3.05, 3.63) is 0 Å². The number of carbonyl (C=O) groups excluding carboxylic acids is 1. The van der Waals surface area contributed by atoms with E-state index in [2.05, 4.69) is 24.1 Å². The molecule has 1 fully saturated rings. The van der Waals surface area contributed by atoms with E-state index in [1.807, 2.05) is 0 Å². The quantitative estimate of drug-likeness (QED) is 0.493. The lowest BCUT2D eigenvalue weighted by molar-refractivity contribution is -0.127. The third-order valence-corrected chi connectivity index (χ3v) is 2.12. The summed E-state index contributed by atoms with van der Waals surface area (Å²) in [5.74, 6) is 4.96. The van der Waals surface area contributed by atoms with Crippen LogP contribution in [0, 0.1) is 11.8 Å². The second-order valence-corrected chi connectivity index (χ2v) is 3.07. The van der Waals surface area contributed by atoms with Gasteiger partial charge in [0.05, 0.1) is 6.61 Å². The highest BCUT2D eigenvalue weighted by Gasteiger charge is 2.24. The molecule has 3 heteroatoms. The van der Waals surface area contributed by atoms with E-state index in [1.165, 1.54) is 0 Å². The number of ether oxygens (including phenoxy) is 1. The zero-order valence-electron chi connectivity index (χ0n) is 8.09. The monoisotopic (exact) mass is 181 g/mol. The van der Waals surface area contributed by atoms with Gasteiger partial charge in [-0.25, -0.2) is 0 Å². The number of hydrogen-bond donors (Lipinski definition) is 1. The molecule has 0 spiro atoms. The smallest absolute Gasteiger partial charge is 0.235 e. The van der Waals surface area contributed by atoms with Gasteiger partial charge in [0.2, 0.25) is 5.78 Å². The average molecular weight is 181 g/mol. The molecule has 3 nitrogen and oxygen atoms in total. The number of rotatable bonds is 2. The molecule has 1 heterocycles. The molecular weight excluding hydrogens is 166 g/mol. The summed E-state index contributed by atoms with van der Waals surface area (Å²) >= 11 is 0. The third kappa shape index (κ3) is 2.83. The first-order valence-corrected chi connectivity index (χ1v) is 4.59. The lowest BCUT2D eigenvalue weighted by atomic mass is 10.1. The Bertz CT molecular complexity index is 231. The van der Waals surface area contributed by atoms with E-state index in [-0.39, 0.29) is 11.9 Å². The van der Waals surface area contributed by atoms with Gasteiger partial charge in [0.25, 0.3) is 0 Å². The van der Waals surface area contributed by atoms with Gasteiger partial charge in [0.1, 0.15) is 6.10 Å². The Morgan fingerprint density at radius 1 is 1.69 bits per heavy atom. The SMILES string of the molecule is CC#CC(=O)[C@H]1CNC(CC)CO1. The van der Waals surface area contributed by atoms with Crippen molar-refractivity contribution in [3.8, 4) is 11.8 Å². The van der Waals surface area contributed by atoms with E-state index in [1.54, 1.807) is 6.92 Å². The van der Waals surface area contributed by atoms with Gasteiger partial charge < -0.3 is 10.1 Å². The van der Waals surface area contributed by atoms with Crippen molar-refractivity contribution in [1.29, 1.82) is 0 Å². The van der Waals surface area contributed by atoms with Crippen LogP contribution in [0.2, 0.25) is 0 Å². The van der Waals surface area contributed by atoms with Crippen LogP contribution in [-0.4, -0.2) is 31.1 Å². The molecule has 1 aliphatic rings. The van der Waals surface area contributed by atoms with Crippen LogP contribution in [0.5, 0.6) is 0 Å². The highest BCUT2D eigenvalue weighted by atomic mass is 16.5. The Morgan fingerprint density at radius 2 is 2.46 bits per heavy atom. The Balaban J connectivity index is 2.39. The van der Waals surface area contributed by atoms with Crippen molar-refractivity contribution in [2.75, 3.05) is 13.2 Å². The fourth-order valence-electron chi connectivity index (χ4n) is 1.26. The number of ketones is 1. The van der Waals surface area contributed by atoms with Crippen LogP contribution in [0.15, 0.2) is 0 Å². The number of hydrogen-bond acceptors (Lipinski definition) is 3. The van der Waals surface area contributed by atoms with Gasteiger partial charge in [-0.05, 0) is 19.3 Å². The highest BCUT2D eigenvalue weighted by Crippen LogP contribution is 2.04. The molecule has 0 bridgehead atoms. The first kappa shape index (κ1) is 10.2. The maximum Gasteiger partial charge on any atom is 0.235 e. The third-order valence-electron chi connectivity index (χ3n) is 2.12. The molecule has 1 N–H and O–H groups in total. The molecule has 2 atom stereocenters. The van der Waals surface area contributed by atoms with E-state index in [4.69, 9.17) is 4.74 Å². The molecule has 0 amide bonds. The summed E-state index contributed by atoms with van der Waals surface area (Å²) in [6, 6.07) is 0.388. The van der Waals surface area contributed by atoms with Gasteiger partial charge in [-0.3, -0.25) is 4.79 Å². The van der Waals surface area contributed by atoms with Gasteiger partial charge in [0.15, 0.2) is 0 Å². The number of carbonyl (C=O) groups is 1. The Hall–Kier alpha value is -0.850. The van der Waals surface area contributed by atoms with Gasteiger partial charge >= 0.3 is 0 Å². The van der Waals surface area contributed by atoms with Crippen LogP contribution >= 0.6 is 0 Å². The van der Waals surface area contributed by atoms with Gasteiger partial charge in [-0.15, -0.1) is 0 Å². The van der Waals surface area contributed by atoms with E-state index in [0.29, 0.717) is 19.2 Å². The zero-order chi connectivity index (χ0) is 9.68. The summed E-state index contributed by atoms with van der Waals surface area (Å²) in [5.41, 5.74) is 0. The summed E-state index contributed by atoms with van der Waals surface area (Å²) < 4.78 is 5.38. The average Bonchev–Trinajstić information content (AvgIpc) is 2.18. The predicted octanol–water partition coefficient (Wildman–Crippen LogP) is 0.346. The van der Waals surface area contributed by atoms with Crippen LogP contribution < -0.4 is 5.32 Å². The van der Waals surface area contributed by atoms with E-state index in [9.17, 15) is 4.79 Å². The first-order valence-electron chi connectivity index (χ1n) is 4.59. The Morgan fingerprint density at radius 3 is 2.92 bits per heavy atom. The molecule has 0 aliphatic carbocycles. The van der Waals surface area contributed by atoms with Crippen molar-refractivity contribution in [3.63, 3.8) is 0 Å². The van der Waals surface area contributed by atoms with Gasteiger partial charge in [-0.1, -0.05) is 12.8 Å². The van der Waals surface area contributed by atoms with Crippen LogP contribution in [0.4, 0.5) is 0 Å². The predicted molar refractivity (Wildman–Crippen MR) is 50.3 cm³/mol. The molecule has 0 aromatic heterocycles. The van der Waals surface area contributed by atoms with Gasteiger partial charge in [0, 0.05) is 12.6 Å². The fourth-order valence-corrected chi connectivity index (χ4v) is 1.26. The van der Waals surface area contributed by atoms with Crippen LogP contribution in [0.3, 0.4) is 0 Å². The summed E-state index contributed by atoms with van der Waals surface area (Å²) in [6.07, 6.45) is 0.663. The maximum atomic E-state index is 11.3. The fraction of sp³-hybridized carbons (Fsp3) is 0.700. The Labute approximate surface area is 78.8 Å². The summed E-state index contributed by atoms with van der Waals surface area (Å²) in [6.45, 7) is 4.95. The topological polar surface area (TPSA) is 38.3 Å². The highest BCUT2D eigenvalue weighted by molar-refractivity contribution is 5.99. The molecule has 1 unspecified atom stereocenters. The van der Waals surface area contributed by atoms with E-state index < -0.39 is 0 Å². The van der Waals surface area contributed by atoms with Crippen molar-refractivity contribution >= 4 is 5.78 Å². The van der Waals surface area contributed by atoms with Crippen LogP contribution in [-0.2, 0) is 9.53 Å². The second kappa shape index (κ2) is 5.00. The normalized spacial score (nSPS) is 27.5. The van der Waals surface area contributed by atoms with Crippen molar-refractivity contribution in [1.82, 2.24) is 5.32 Å². The zero-order valence-corrected chi connectivity index (χ0v) is 8.09. The number of nitrogens with one attached hydrogen (secondary N) is 1.